The van der Waals surface area contributed by atoms with E-state index in [0.717, 1.165) is 5.56 Å². The van der Waals surface area contributed by atoms with E-state index in [0.29, 0.717) is 11.4 Å². The molecule has 2 rings (SSSR count). The third-order valence-corrected chi connectivity index (χ3v) is 3.13. The van der Waals surface area contributed by atoms with Gasteiger partial charge in [0.15, 0.2) is 0 Å². The molecule has 0 saturated carbocycles. The minimum atomic E-state index is -0.264. The average Bonchev–Trinajstić information content (AvgIpc) is 2.48. The molecule has 0 aliphatic heterocycles. The summed E-state index contributed by atoms with van der Waals surface area (Å²) >= 11 is 0. The number of aromatic hydroxyl groups is 1. The molecule has 0 unspecified atom stereocenters. The first-order valence-electron chi connectivity index (χ1n) is 6.24. The van der Waals surface area contributed by atoms with E-state index >= 15 is 0 Å². The number of anilines is 1. The van der Waals surface area contributed by atoms with Gasteiger partial charge in [-0.15, -0.1) is 0 Å². The number of methoxy groups -OCH3 is 1. The lowest BCUT2D eigenvalue weighted by Crippen LogP contribution is -2.26. The number of amides is 1. The number of benzene rings is 2. The van der Waals surface area contributed by atoms with Crippen molar-refractivity contribution in [3.63, 3.8) is 0 Å². The Hall–Kier alpha value is -2.49. The van der Waals surface area contributed by atoms with Crippen LogP contribution in [0.2, 0.25) is 0 Å². The highest BCUT2D eigenvalue weighted by molar-refractivity contribution is 6.07. The van der Waals surface area contributed by atoms with Crippen molar-refractivity contribution in [2.45, 2.75) is 6.92 Å². The molecule has 0 bridgehead atoms. The van der Waals surface area contributed by atoms with Crippen molar-refractivity contribution in [1.29, 1.82) is 0 Å². The summed E-state index contributed by atoms with van der Waals surface area (Å²) in [6.45, 7) is 1.88. The molecule has 0 heterocycles. The number of rotatable bonds is 3. The molecule has 2 aromatic rings. The van der Waals surface area contributed by atoms with E-state index in [4.69, 9.17) is 4.74 Å². The third kappa shape index (κ3) is 2.74. The molecule has 0 atom stereocenters. The molecule has 0 saturated heterocycles. The van der Waals surface area contributed by atoms with Crippen molar-refractivity contribution < 1.29 is 14.6 Å². The van der Waals surface area contributed by atoms with E-state index in [1.54, 1.807) is 32.4 Å². The Bertz CT molecular complexity index is 637. The van der Waals surface area contributed by atoms with Crippen molar-refractivity contribution in [1.82, 2.24) is 0 Å². The fourth-order valence-electron chi connectivity index (χ4n) is 1.94. The molecule has 0 radical (unpaired) electrons. The second kappa shape index (κ2) is 5.65. The Morgan fingerprint density at radius 1 is 1.20 bits per heavy atom. The largest absolute Gasteiger partial charge is 0.507 e. The zero-order valence-corrected chi connectivity index (χ0v) is 11.8. The number of ether oxygens (including phenoxy) is 1. The molecule has 4 nitrogen and oxygen atoms in total. The van der Waals surface area contributed by atoms with Crippen LogP contribution in [0, 0.1) is 6.92 Å². The standard InChI is InChI=1S/C16H17NO3/c1-11-7-8-15(18)14(9-11)16(19)17(2)12-5-4-6-13(10-12)20-3/h4-10,18H,1-3H3. The molecule has 104 valence electrons. The van der Waals surface area contributed by atoms with Gasteiger partial charge in [0.2, 0.25) is 0 Å². The van der Waals surface area contributed by atoms with Crippen LogP contribution in [0.4, 0.5) is 5.69 Å². The molecule has 0 fully saturated rings. The van der Waals surface area contributed by atoms with Gasteiger partial charge in [-0.25, -0.2) is 0 Å². The molecule has 4 heteroatoms. The number of hydrogen-bond acceptors (Lipinski definition) is 3. The van der Waals surface area contributed by atoms with Crippen LogP contribution >= 0.6 is 0 Å². The van der Waals surface area contributed by atoms with Crippen LogP contribution in [-0.4, -0.2) is 25.2 Å². The highest BCUT2D eigenvalue weighted by atomic mass is 16.5. The first kappa shape index (κ1) is 13.9. The van der Waals surface area contributed by atoms with Crippen LogP contribution in [0.15, 0.2) is 42.5 Å². The number of aryl methyl sites for hydroxylation is 1. The lowest BCUT2D eigenvalue weighted by molar-refractivity contribution is 0.0990. The first-order valence-corrected chi connectivity index (χ1v) is 6.24. The van der Waals surface area contributed by atoms with Crippen molar-refractivity contribution in [2.24, 2.45) is 0 Å². The fraction of sp³-hybridized carbons (Fsp3) is 0.188. The fourth-order valence-corrected chi connectivity index (χ4v) is 1.94. The Morgan fingerprint density at radius 2 is 1.95 bits per heavy atom. The lowest BCUT2D eigenvalue weighted by Gasteiger charge is -2.19. The van der Waals surface area contributed by atoms with Gasteiger partial charge in [0.25, 0.3) is 5.91 Å². The molecule has 0 aliphatic carbocycles. The van der Waals surface area contributed by atoms with Crippen LogP contribution in [0.25, 0.3) is 0 Å². The molecular formula is C16H17NO3. The highest BCUT2D eigenvalue weighted by Gasteiger charge is 2.17. The maximum atomic E-state index is 12.4. The van der Waals surface area contributed by atoms with Crippen LogP contribution in [0.1, 0.15) is 15.9 Å². The summed E-state index contributed by atoms with van der Waals surface area (Å²) in [5.74, 6) is 0.394. The van der Waals surface area contributed by atoms with E-state index in [9.17, 15) is 9.90 Å². The number of phenolic OH excluding ortho intramolecular Hbond substituents is 1. The maximum absolute atomic E-state index is 12.4. The Morgan fingerprint density at radius 3 is 2.65 bits per heavy atom. The molecule has 2 aromatic carbocycles. The summed E-state index contributed by atoms with van der Waals surface area (Å²) in [6.07, 6.45) is 0. The zero-order valence-electron chi connectivity index (χ0n) is 11.8. The van der Waals surface area contributed by atoms with Gasteiger partial charge in [-0.3, -0.25) is 4.79 Å². The number of hydrogen-bond donors (Lipinski definition) is 1. The van der Waals surface area contributed by atoms with Crippen LogP contribution in [-0.2, 0) is 0 Å². The molecule has 1 N–H and O–H groups in total. The van der Waals surface area contributed by atoms with Gasteiger partial charge in [0.1, 0.15) is 11.5 Å². The predicted octanol–water partition coefficient (Wildman–Crippen LogP) is 2.99. The Balaban J connectivity index is 2.34. The normalized spacial score (nSPS) is 10.2. The van der Waals surface area contributed by atoms with Gasteiger partial charge in [-0.1, -0.05) is 17.7 Å². The van der Waals surface area contributed by atoms with Gasteiger partial charge in [0.05, 0.1) is 12.7 Å². The lowest BCUT2D eigenvalue weighted by atomic mass is 10.1. The predicted molar refractivity (Wildman–Crippen MR) is 78.6 cm³/mol. The van der Waals surface area contributed by atoms with Crippen LogP contribution < -0.4 is 9.64 Å². The second-order valence-corrected chi connectivity index (χ2v) is 4.59. The molecule has 0 aromatic heterocycles. The molecule has 0 spiro atoms. The van der Waals surface area contributed by atoms with Crippen molar-refractivity contribution in [3.05, 3.63) is 53.6 Å². The third-order valence-electron chi connectivity index (χ3n) is 3.13. The molecule has 1 amide bonds. The van der Waals surface area contributed by atoms with E-state index in [-0.39, 0.29) is 17.2 Å². The van der Waals surface area contributed by atoms with Crippen LogP contribution in [0.3, 0.4) is 0 Å². The van der Waals surface area contributed by atoms with E-state index in [1.807, 2.05) is 25.1 Å². The van der Waals surface area contributed by atoms with Gasteiger partial charge in [-0.2, -0.15) is 0 Å². The second-order valence-electron chi connectivity index (χ2n) is 4.59. The summed E-state index contributed by atoms with van der Waals surface area (Å²) in [4.78, 5) is 13.9. The van der Waals surface area contributed by atoms with Crippen LogP contribution in [0.5, 0.6) is 11.5 Å². The number of carbonyl (C=O) groups excluding carboxylic acids is 1. The minimum Gasteiger partial charge on any atom is -0.507 e. The molecule has 20 heavy (non-hydrogen) atoms. The van der Waals surface area contributed by atoms with E-state index in [2.05, 4.69) is 0 Å². The molecule has 0 aliphatic rings. The smallest absolute Gasteiger partial charge is 0.261 e. The zero-order chi connectivity index (χ0) is 14.7. The van der Waals surface area contributed by atoms with Gasteiger partial charge >= 0.3 is 0 Å². The quantitative estimate of drug-likeness (QED) is 0.933. The van der Waals surface area contributed by atoms with Crippen molar-refractivity contribution in [3.8, 4) is 11.5 Å². The monoisotopic (exact) mass is 271 g/mol. The summed E-state index contributed by atoms with van der Waals surface area (Å²) in [5, 5.41) is 9.83. The van der Waals surface area contributed by atoms with E-state index in [1.165, 1.54) is 11.0 Å². The average molecular weight is 271 g/mol. The minimum absolute atomic E-state index is 0.0182. The number of carbonyl (C=O) groups is 1. The summed E-state index contributed by atoms with van der Waals surface area (Å²) < 4.78 is 5.15. The summed E-state index contributed by atoms with van der Waals surface area (Å²) in [5.41, 5.74) is 1.91. The van der Waals surface area contributed by atoms with Crippen molar-refractivity contribution >= 4 is 11.6 Å². The van der Waals surface area contributed by atoms with Gasteiger partial charge in [-0.05, 0) is 31.2 Å². The van der Waals surface area contributed by atoms with Gasteiger partial charge in [0, 0.05) is 18.8 Å². The van der Waals surface area contributed by atoms with E-state index < -0.39 is 0 Å². The van der Waals surface area contributed by atoms with Crippen molar-refractivity contribution in [2.75, 3.05) is 19.1 Å². The summed E-state index contributed by atoms with van der Waals surface area (Å²) in [6, 6.07) is 12.2. The SMILES string of the molecule is COc1cccc(N(C)C(=O)c2cc(C)ccc2O)c1. The van der Waals surface area contributed by atoms with Gasteiger partial charge < -0.3 is 14.7 Å². The highest BCUT2D eigenvalue weighted by Crippen LogP contribution is 2.25. The first-order chi connectivity index (χ1) is 9.52. The maximum Gasteiger partial charge on any atom is 0.261 e. The topological polar surface area (TPSA) is 49.8 Å². The Kier molecular flexibility index (Phi) is 3.94. The summed E-state index contributed by atoms with van der Waals surface area (Å²) in [7, 11) is 3.24. The number of nitrogens with zero attached hydrogens (tertiary/aromatic N) is 1. The Labute approximate surface area is 118 Å². The number of phenols is 1. The molecular weight excluding hydrogens is 254 g/mol.